The number of nitrogens with two attached hydrogens (primary N) is 1. The molecule has 0 spiro atoms. The van der Waals surface area contributed by atoms with Gasteiger partial charge in [-0.05, 0) is 49.4 Å². The van der Waals surface area contributed by atoms with Crippen molar-refractivity contribution >= 4 is 11.6 Å². The molecule has 0 bridgehead atoms. The van der Waals surface area contributed by atoms with Crippen LogP contribution in [0.15, 0.2) is 48.8 Å². The molecule has 0 saturated carbocycles. The molecule has 0 aliphatic carbocycles. The van der Waals surface area contributed by atoms with Crippen LogP contribution >= 0.6 is 0 Å². The first-order valence-electron chi connectivity index (χ1n) is 8.99. The Morgan fingerprint density at radius 1 is 1.22 bits per heavy atom. The van der Waals surface area contributed by atoms with E-state index in [1.165, 1.54) is 12.1 Å². The van der Waals surface area contributed by atoms with Gasteiger partial charge in [0.05, 0.1) is 24.0 Å². The smallest absolute Gasteiger partial charge is 0.255 e. The summed E-state index contributed by atoms with van der Waals surface area (Å²) in [5, 5.41) is 0. The molecule has 1 saturated heterocycles. The Bertz CT molecular complexity index is 952. The number of carbonyl (C=O) groups excluding carboxylic acids is 1. The number of halogens is 1. The summed E-state index contributed by atoms with van der Waals surface area (Å²) in [7, 11) is 0. The number of ether oxygens (including phenoxy) is 1. The third kappa shape index (κ3) is 3.70. The lowest BCUT2D eigenvalue weighted by molar-refractivity contribution is -0.0236. The van der Waals surface area contributed by atoms with Gasteiger partial charge in [-0.3, -0.25) is 4.79 Å². The van der Waals surface area contributed by atoms with Gasteiger partial charge in [-0.25, -0.2) is 9.37 Å². The highest BCUT2D eigenvalue weighted by molar-refractivity contribution is 5.94. The topological polar surface area (TPSA) is 72.9 Å². The highest BCUT2D eigenvalue weighted by atomic mass is 19.1. The van der Waals surface area contributed by atoms with Crippen LogP contribution in [0, 0.1) is 5.82 Å². The number of hydrogen-bond acceptors (Lipinski definition) is 4. The number of hydrogen-bond donors (Lipinski definition) is 1. The molecule has 2 aromatic heterocycles. The second-order valence-electron chi connectivity index (χ2n) is 6.64. The zero-order valence-electron chi connectivity index (χ0n) is 14.8. The van der Waals surface area contributed by atoms with Crippen molar-refractivity contribution in [2.24, 2.45) is 5.73 Å². The average Bonchev–Trinajstić information content (AvgIpc) is 3.11. The first-order valence-corrected chi connectivity index (χ1v) is 8.99. The van der Waals surface area contributed by atoms with Gasteiger partial charge in [0.2, 0.25) is 0 Å². The van der Waals surface area contributed by atoms with Gasteiger partial charge < -0.3 is 19.8 Å². The van der Waals surface area contributed by atoms with E-state index in [0.717, 1.165) is 23.3 Å². The average molecular weight is 368 g/mol. The molecule has 3 aromatic rings. The monoisotopic (exact) mass is 368 g/mol. The molecule has 0 unspecified atom stereocenters. The van der Waals surface area contributed by atoms with Crippen molar-refractivity contribution in [1.82, 2.24) is 14.3 Å². The largest absolute Gasteiger partial charge is 0.374 e. The van der Waals surface area contributed by atoms with E-state index in [0.29, 0.717) is 31.8 Å². The second-order valence-corrected chi connectivity index (χ2v) is 6.64. The maximum atomic E-state index is 13.1. The summed E-state index contributed by atoms with van der Waals surface area (Å²) in [6.07, 6.45) is 4.36. The number of carbonyl (C=O) groups is 1. The fourth-order valence-electron chi connectivity index (χ4n) is 3.32. The van der Waals surface area contributed by atoms with E-state index in [1.54, 1.807) is 24.4 Å². The number of benzene rings is 1. The van der Waals surface area contributed by atoms with Crippen molar-refractivity contribution in [3.8, 4) is 11.3 Å². The van der Waals surface area contributed by atoms with Crippen LogP contribution in [0.5, 0.6) is 0 Å². The summed E-state index contributed by atoms with van der Waals surface area (Å²) in [6.45, 7) is 2.19. The first-order chi connectivity index (χ1) is 13.1. The predicted molar refractivity (Wildman–Crippen MR) is 99.9 cm³/mol. The fourth-order valence-corrected chi connectivity index (χ4v) is 3.32. The molecule has 1 aromatic carbocycles. The molecule has 6 nitrogen and oxygen atoms in total. The first kappa shape index (κ1) is 17.6. The molecule has 1 aliphatic heterocycles. The van der Waals surface area contributed by atoms with Crippen molar-refractivity contribution in [1.29, 1.82) is 0 Å². The molecule has 3 heterocycles. The number of pyridine rings is 1. The van der Waals surface area contributed by atoms with Gasteiger partial charge in [0.25, 0.3) is 5.91 Å². The molecule has 0 radical (unpaired) electrons. The van der Waals surface area contributed by atoms with Crippen LogP contribution in [-0.4, -0.2) is 52.5 Å². The van der Waals surface area contributed by atoms with Crippen molar-refractivity contribution < 1.29 is 13.9 Å². The summed E-state index contributed by atoms with van der Waals surface area (Å²) in [6, 6.07) is 9.79. The maximum Gasteiger partial charge on any atom is 0.255 e. The summed E-state index contributed by atoms with van der Waals surface area (Å²) in [4.78, 5) is 19.2. The fraction of sp³-hybridized carbons (Fsp3) is 0.300. The van der Waals surface area contributed by atoms with Crippen molar-refractivity contribution in [3.05, 3.63) is 60.2 Å². The third-order valence-corrected chi connectivity index (χ3v) is 4.75. The Kier molecular flexibility index (Phi) is 4.87. The molecule has 1 fully saturated rings. The van der Waals surface area contributed by atoms with Gasteiger partial charge in [0.1, 0.15) is 11.5 Å². The van der Waals surface area contributed by atoms with Crippen LogP contribution in [0.25, 0.3) is 16.9 Å². The Labute approximate surface area is 156 Å². The zero-order chi connectivity index (χ0) is 18.8. The quantitative estimate of drug-likeness (QED) is 0.767. The minimum absolute atomic E-state index is 0.00486. The van der Waals surface area contributed by atoms with Crippen LogP contribution < -0.4 is 5.73 Å². The van der Waals surface area contributed by atoms with E-state index in [4.69, 9.17) is 10.5 Å². The van der Waals surface area contributed by atoms with E-state index in [2.05, 4.69) is 4.98 Å². The Hall–Kier alpha value is -2.77. The molecule has 2 N–H and O–H groups in total. The summed E-state index contributed by atoms with van der Waals surface area (Å²) in [5.41, 5.74) is 8.48. The number of morpholine rings is 1. The maximum absolute atomic E-state index is 13.1. The molecule has 4 rings (SSSR count). The van der Waals surface area contributed by atoms with E-state index in [9.17, 15) is 9.18 Å². The Morgan fingerprint density at radius 2 is 2.04 bits per heavy atom. The van der Waals surface area contributed by atoms with Crippen LogP contribution in [0.3, 0.4) is 0 Å². The highest BCUT2D eigenvalue weighted by Crippen LogP contribution is 2.20. The van der Waals surface area contributed by atoms with Gasteiger partial charge >= 0.3 is 0 Å². The van der Waals surface area contributed by atoms with E-state index >= 15 is 0 Å². The van der Waals surface area contributed by atoms with Gasteiger partial charge in [0.15, 0.2) is 0 Å². The lowest BCUT2D eigenvalue weighted by Gasteiger charge is -2.32. The lowest BCUT2D eigenvalue weighted by atomic mass is 10.1. The minimum Gasteiger partial charge on any atom is -0.374 e. The molecular weight excluding hydrogens is 347 g/mol. The summed E-state index contributed by atoms with van der Waals surface area (Å²) >= 11 is 0. The van der Waals surface area contributed by atoms with Crippen molar-refractivity contribution in [2.75, 3.05) is 26.2 Å². The van der Waals surface area contributed by atoms with Crippen LogP contribution in [0.2, 0.25) is 0 Å². The van der Waals surface area contributed by atoms with Gasteiger partial charge in [-0.1, -0.05) is 0 Å². The van der Waals surface area contributed by atoms with Crippen LogP contribution in [-0.2, 0) is 4.74 Å². The van der Waals surface area contributed by atoms with Crippen molar-refractivity contribution in [3.63, 3.8) is 0 Å². The Balaban J connectivity index is 1.57. The zero-order valence-corrected chi connectivity index (χ0v) is 14.8. The standard InChI is InChI=1S/C20H21FN4O2/c21-16-4-1-14(2-5-16)18-13-25-11-15(3-6-19(25)23-18)20(26)24-9-10-27-17(12-24)7-8-22/h1-6,11,13,17H,7-10,12,22H2/t17-/m0/s1. The van der Waals surface area contributed by atoms with E-state index in [-0.39, 0.29) is 17.8 Å². The second kappa shape index (κ2) is 7.46. The number of aromatic nitrogens is 2. The van der Waals surface area contributed by atoms with E-state index < -0.39 is 0 Å². The molecule has 140 valence electrons. The number of nitrogens with zero attached hydrogens (tertiary/aromatic N) is 3. The molecule has 7 heteroatoms. The normalized spacial score (nSPS) is 17.4. The molecular formula is C20H21FN4O2. The van der Waals surface area contributed by atoms with Gasteiger partial charge in [0, 0.05) is 31.0 Å². The summed E-state index contributed by atoms with van der Waals surface area (Å²) in [5.74, 6) is -0.312. The van der Waals surface area contributed by atoms with Gasteiger partial charge in [-0.2, -0.15) is 0 Å². The highest BCUT2D eigenvalue weighted by Gasteiger charge is 2.25. The molecule has 1 atom stereocenters. The minimum atomic E-state index is -0.283. The van der Waals surface area contributed by atoms with Gasteiger partial charge in [-0.15, -0.1) is 0 Å². The van der Waals surface area contributed by atoms with Crippen LogP contribution in [0.1, 0.15) is 16.8 Å². The van der Waals surface area contributed by atoms with Crippen LogP contribution in [0.4, 0.5) is 4.39 Å². The molecule has 1 aliphatic rings. The predicted octanol–water partition coefficient (Wildman–Crippen LogP) is 2.33. The Morgan fingerprint density at radius 3 is 2.81 bits per heavy atom. The summed E-state index contributed by atoms with van der Waals surface area (Å²) < 4.78 is 20.6. The van der Waals surface area contributed by atoms with Crippen molar-refractivity contribution in [2.45, 2.75) is 12.5 Å². The molecule has 27 heavy (non-hydrogen) atoms. The number of amides is 1. The number of imidazole rings is 1. The molecule has 1 amide bonds. The third-order valence-electron chi connectivity index (χ3n) is 4.75. The van der Waals surface area contributed by atoms with E-state index in [1.807, 2.05) is 21.6 Å². The lowest BCUT2D eigenvalue weighted by Crippen LogP contribution is -2.46. The number of rotatable bonds is 4. The SMILES string of the molecule is NCC[C@H]1CN(C(=O)c2ccc3nc(-c4ccc(F)cc4)cn3c2)CCO1. The number of fused-ring (bicyclic) bond motifs is 1.